The van der Waals surface area contributed by atoms with Gasteiger partial charge in [-0.3, -0.25) is 0 Å². The Kier molecular flexibility index (Phi) is 6.57. The van der Waals surface area contributed by atoms with Crippen molar-refractivity contribution in [3.8, 4) is 29.1 Å². The SMILES string of the molecule is Cc1ccc(-n2c(=O)n(-c3ccccc3)c(=O)n(-c3ccc(Cc4ccc(OC#N)cc4)cc3)c2=O)cc1. The zero-order valence-electron chi connectivity index (χ0n) is 20.4. The lowest BCUT2D eigenvalue weighted by Crippen LogP contribution is -2.52. The maximum atomic E-state index is 13.6. The maximum absolute atomic E-state index is 13.6. The molecule has 0 aliphatic carbocycles. The van der Waals surface area contributed by atoms with Gasteiger partial charge in [-0.05, 0) is 73.0 Å². The molecule has 4 aromatic carbocycles. The largest absolute Gasteiger partial charge is 0.388 e. The summed E-state index contributed by atoms with van der Waals surface area (Å²) in [4.78, 5) is 40.7. The average molecular weight is 503 g/mol. The predicted molar refractivity (Wildman–Crippen MR) is 143 cm³/mol. The summed E-state index contributed by atoms with van der Waals surface area (Å²) in [5.41, 5.74) is 1.74. The molecule has 1 aromatic heterocycles. The molecule has 186 valence electrons. The molecule has 0 bridgehead atoms. The fraction of sp³-hybridized carbons (Fsp3) is 0.0667. The van der Waals surface area contributed by atoms with Gasteiger partial charge in [0.05, 0.1) is 17.1 Å². The van der Waals surface area contributed by atoms with Crippen molar-refractivity contribution in [2.24, 2.45) is 0 Å². The van der Waals surface area contributed by atoms with Gasteiger partial charge >= 0.3 is 17.1 Å². The van der Waals surface area contributed by atoms with Crippen LogP contribution in [0.5, 0.6) is 5.75 Å². The van der Waals surface area contributed by atoms with Gasteiger partial charge in [0.1, 0.15) is 5.75 Å². The van der Waals surface area contributed by atoms with Gasteiger partial charge in [0.25, 0.3) is 6.26 Å². The van der Waals surface area contributed by atoms with Gasteiger partial charge in [0.15, 0.2) is 0 Å². The van der Waals surface area contributed by atoms with E-state index in [1.807, 2.05) is 31.2 Å². The quantitative estimate of drug-likeness (QED) is 0.328. The molecule has 0 saturated carbocycles. The number of nitrogens with zero attached hydrogens (tertiary/aromatic N) is 4. The number of nitriles is 1. The fourth-order valence-corrected chi connectivity index (χ4v) is 4.21. The van der Waals surface area contributed by atoms with Gasteiger partial charge in [-0.15, -0.1) is 5.26 Å². The first kappa shape index (κ1) is 24.3. The fourth-order valence-electron chi connectivity index (χ4n) is 4.21. The first-order chi connectivity index (χ1) is 18.5. The summed E-state index contributed by atoms with van der Waals surface area (Å²) in [6, 6.07) is 29.7. The molecule has 8 heteroatoms. The summed E-state index contributed by atoms with van der Waals surface area (Å²) in [5, 5.41) is 8.63. The number of hydrogen-bond acceptors (Lipinski definition) is 5. The van der Waals surface area contributed by atoms with Crippen LogP contribution in [-0.2, 0) is 6.42 Å². The molecule has 0 aliphatic rings. The summed E-state index contributed by atoms with van der Waals surface area (Å²) in [6.07, 6.45) is 2.24. The first-order valence-corrected chi connectivity index (χ1v) is 11.8. The lowest BCUT2D eigenvalue weighted by molar-refractivity contribution is 0.507. The number of aryl methyl sites for hydroxylation is 1. The van der Waals surface area contributed by atoms with Crippen LogP contribution in [0.2, 0.25) is 0 Å². The summed E-state index contributed by atoms with van der Waals surface area (Å²) in [6.45, 7) is 1.91. The highest BCUT2D eigenvalue weighted by atomic mass is 16.5. The van der Waals surface area contributed by atoms with Crippen LogP contribution < -0.4 is 21.8 Å². The van der Waals surface area contributed by atoms with E-state index < -0.39 is 17.1 Å². The second kappa shape index (κ2) is 10.3. The van der Waals surface area contributed by atoms with Crippen molar-refractivity contribution < 1.29 is 4.74 Å². The highest BCUT2D eigenvalue weighted by molar-refractivity contribution is 5.40. The van der Waals surface area contributed by atoms with Crippen molar-refractivity contribution >= 4 is 0 Å². The van der Waals surface area contributed by atoms with Crippen LogP contribution in [0.4, 0.5) is 0 Å². The average Bonchev–Trinajstić information content (AvgIpc) is 2.92. The van der Waals surface area contributed by atoms with Crippen LogP contribution in [0.25, 0.3) is 17.1 Å². The van der Waals surface area contributed by atoms with Gasteiger partial charge in [-0.2, -0.15) is 0 Å². The zero-order chi connectivity index (χ0) is 26.6. The molecule has 0 atom stereocenters. The molecule has 0 fully saturated rings. The molecule has 0 unspecified atom stereocenters. The van der Waals surface area contributed by atoms with E-state index in [0.29, 0.717) is 29.2 Å². The van der Waals surface area contributed by atoms with Gasteiger partial charge in [0.2, 0.25) is 0 Å². The summed E-state index contributed by atoms with van der Waals surface area (Å²) in [5.74, 6) is 0.462. The summed E-state index contributed by atoms with van der Waals surface area (Å²) in [7, 11) is 0. The molecule has 0 amide bonds. The van der Waals surface area contributed by atoms with E-state index in [9.17, 15) is 14.4 Å². The van der Waals surface area contributed by atoms with Crippen molar-refractivity contribution in [2.45, 2.75) is 13.3 Å². The molecule has 5 rings (SSSR count). The third-order valence-corrected chi connectivity index (χ3v) is 6.14. The van der Waals surface area contributed by atoms with Crippen molar-refractivity contribution in [3.05, 3.63) is 151 Å². The van der Waals surface area contributed by atoms with E-state index in [1.165, 1.54) is 0 Å². The predicted octanol–water partition coefficient (Wildman–Crippen LogP) is 3.90. The number of hydrogen-bond donors (Lipinski definition) is 0. The van der Waals surface area contributed by atoms with E-state index in [1.54, 1.807) is 85.1 Å². The second-order valence-electron chi connectivity index (χ2n) is 8.71. The molecule has 1 heterocycles. The van der Waals surface area contributed by atoms with Crippen LogP contribution in [0.1, 0.15) is 16.7 Å². The summed E-state index contributed by atoms with van der Waals surface area (Å²) >= 11 is 0. The third kappa shape index (κ3) is 4.68. The number of rotatable bonds is 6. The first-order valence-electron chi connectivity index (χ1n) is 11.8. The molecule has 0 aliphatic heterocycles. The monoisotopic (exact) mass is 502 g/mol. The minimum absolute atomic E-state index is 0.340. The minimum Gasteiger partial charge on any atom is -0.388 e. The Morgan fingerprint density at radius 3 is 1.50 bits per heavy atom. The molecule has 0 N–H and O–H groups in total. The Labute approximate surface area is 217 Å². The molecule has 0 spiro atoms. The van der Waals surface area contributed by atoms with Crippen molar-refractivity contribution in [3.63, 3.8) is 0 Å². The van der Waals surface area contributed by atoms with Crippen molar-refractivity contribution in [1.29, 1.82) is 5.26 Å². The van der Waals surface area contributed by atoms with Crippen LogP contribution >= 0.6 is 0 Å². The van der Waals surface area contributed by atoms with Gasteiger partial charge < -0.3 is 4.74 Å². The van der Waals surface area contributed by atoms with Crippen molar-refractivity contribution in [1.82, 2.24) is 13.7 Å². The molecule has 5 aromatic rings. The number of para-hydroxylation sites is 1. The molecular weight excluding hydrogens is 480 g/mol. The van der Waals surface area contributed by atoms with E-state index >= 15 is 0 Å². The Morgan fingerprint density at radius 2 is 1.03 bits per heavy atom. The van der Waals surface area contributed by atoms with E-state index in [-0.39, 0.29) is 0 Å². The summed E-state index contributed by atoms with van der Waals surface area (Å²) < 4.78 is 7.83. The Bertz CT molecular complexity index is 1810. The molecule has 38 heavy (non-hydrogen) atoms. The van der Waals surface area contributed by atoms with Gasteiger partial charge in [-0.25, -0.2) is 28.1 Å². The maximum Gasteiger partial charge on any atom is 0.345 e. The Hall–Kier alpha value is -5.42. The molecule has 8 nitrogen and oxygen atoms in total. The Morgan fingerprint density at radius 1 is 0.605 bits per heavy atom. The molecule has 0 saturated heterocycles. The zero-order valence-corrected chi connectivity index (χ0v) is 20.4. The lowest BCUT2D eigenvalue weighted by Gasteiger charge is -2.14. The highest BCUT2D eigenvalue weighted by Gasteiger charge is 2.19. The lowest BCUT2D eigenvalue weighted by atomic mass is 10.0. The van der Waals surface area contributed by atoms with Crippen molar-refractivity contribution in [2.75, 3.05) is 0 Å². The molecular formula is C30H22N4O4. The smallest absolute Gasteiger partial charge is 0.345 e. The minimum atomic E-state index is -0.754. The number of ether oxygens (including phenoxy) is 1. The normalized spacial score (nSPS) is 10.6. The van der Waals surface area contributed by atoms with Crippen LogP contribution in [0, 0.1) is 18.4 Å². The van der Waals surface area contributed by atoms with Crippen LogP contribution in [0.15, 0.2) is 118 Å². The van der Waals surface area contributed by atoms with Gasteiger partial charge in [-0.1, -0.05) is 60.2 Å². The second-order valence-corrected chi connectivity index (χ2v) is 8.71. The Balaban J connectivity index is 1.61. The standard InChI is InChI=1S/C30H22N4O4/c1-21-7-13-25(14-8-21)33-28(35)32(24-5-3-2-4-6-24)29(36)34(30(33)37)26-15-9-22(10-16-26)19-23-11-17-27(18-12-23)38-20-31/h2-18H,19H2,1H3. The number of aromatic nitrogens is 3. The third-order valence-electron chi connectivity index (χ3n) is 6.14. The topological polar surface area (TPSA) is 99.0 Å². The van der Waals surface area contributed by atoms with Crippen LogP contribution in [-0.4, -0.2) is 13.7 Å². The molecule has 0 radical (unpaired) electrons. The van der Waals surface area contributed by atoms with E-state index in [0.717, 1.165) is 30.4 Å². The van der Waals surface area contributed by atoms with E-state index in [4.69, 9.17) is 10.00 Å². The highest BCUT2D eigenvalue weighted by Crippen LogP contribution is 2.16. The number of benzene rings is 4. The van der Waals surface area contributed by atoms with Crippen LogP contribution in [0.3, 0.4) is 0 Å². The van der Waals surface area contributed by atoms with E-state index in [2.05, 4.69) is 0 Å². The van der Waals surface area contributed by atoms with Gasteiger partial charge in [0, 0.05) is 0 Å².